The van der Waals surface area contributed by atoms with Gasteiger partial charge in [-0.3, -0.25) is 4.79 Å². The van der Waals surface area contributed by atoms with E-state index in [0.29, 0.717) is 28.9 Å². The lowest BCUT2D eigenvalue weighted by Gasteiger charge is -2.25. The molecule has 2 aromatic carbocycles. The van der Waals surface area contributed by atoms with Crippen LogP contribution in [0.15, 0.2) is 48.5 Å². The summed E-state index contributed by atoms with van der Waals surface area (Å²) in [7, 11) is 0. The third kappa shape index (κ3) is 4.25. The largest absolute Gasteiger partial charge is 0.349 e. The van der Waals surface area contributed by atoms with Crippen molar-refractivity contribution in [2.45, 2.75) is 37.8 Å². The molecule has 5 nitrogen and oxygen atoms in total. The highest BCUT2D eigenvalue weighted by molar-refractivity contribution is 6.30. The lowest BCUT2D eigenvalue weighted by atomic mass is 10.1. The molecule has 1 unspecified atom stereocenters. The smallest absolute Gasteiger partial charge is 0.322 e. The molecule has 2 N–H and O–H groups in total. The summed E-state index contributed by atoms with van der Waals surface area (Å²) in [6.07, 6.45) is 4.01. The predicted molar refractivity (Wildman–Crippen MR) is 106 cm³/mol. The van der Waals surface area contributed by atoms with Crippen LogP contribution < -0.4 is 10.6 Å². The number of carbonyl (C=O) groups is 2. The van der Waals surface area contributed by atoms with E-state index in [0.717, 1.165) is 31.2 Å². The average molecular weight is 384 g/mol. The minimum atomic E-state index is -0.132. The van der Waals surface area contributed by atoms with E-state index in [-0.39, 0.29) is 18.0 Å². The van der Waals surface area contributed by atoms with Crippen LogP contribution in [0.2, 0.25) is 5.02 Å². The molecule has 1 atom stereocenters. The fourth-order valence-electron chi connectivity index (χ4n) is 3.47. The highest BCUT2D eigenvalue weighted by Crippen LogP contribution is 2.33. The second-order valence-corrected chi connectivity index (χ2v) is 7.60. The van der Waals surface area contributed by atoms with Crippen LogP contribution in [0.25, 0.3) is 0 Å². The van der Waals surface area contributed by atoms with Crippen molar-refractivity contribution in [1.29, 1.82) is 0 Å². The zero-order chi connectivity index (χ0) is 18.8. The molecule has 1 aliphatic carbocycles. The summed E-state index contributed by atoms with van der Waals surface area (Å²) in [5.41, 5.74) is 2.35. The molecule has 3 amide bonds. The number of halogens is 1. The number of nitrogens with one attached hydrogen (secondary N) is 2. The van der Waals surface area contributed by atoms with Crippen molar-refractivity contribution >= 4 is 29.2 Å². The number of benzene rings is 2. The minimum absolute atomic E-state index is 0.0345. The third-order valence-electron chi connectivity index (χ3n) is 5.06. The van der Waals surface area contributed by atoms with Gasteiger partial charge in [0, 0.05) is 28.9 Å². The molecular formula is C21H22ClN3O2. The van der Waals surface area contributed by atoms with E-state index in [4.69, 9.17) is 11.6 Å². The van der Waals surface area contributed by atoms with E-state index in [1.807, 2.05) is 29.2 Å². The van der Waals surface area contributed by atoms with Gasteiger partial charge in [0.1, 0.15) is 0 Å². The quantitative estimate of drug-likeness (QED) is 0.810. The van der Waals surface area contributed by atoms with Crippen LogP contribution in [0.1, 0.15) is 47.6 Å². The van der Waals surface area contributed by atoms with Crippen molar-refractivity contribution in [3.8, 4) is 0 Å². The summed E-state index contributed by atoms with van der Waals surface area (Å²) in [6.45, 7) is 0.713. The number of carbonyl (C=O) groups excluding carboxylic acids is 2. The van der Waals surface area contributed by atoms with Gasteiger partial charge in [0.25, 0.3) is 5.91 Å². The first-order valence-corrected chi connectivity index (χ1v) is 9.72. The molecule has 0 radical (unpaired) electrons. The van der Waals surface area contributed by atoms with Gasteiger partial charge in [0.2, 0.25) is 0 Å². The van der Waals surface area contributed by atoms with Crippen molar-refractivity contribution in [3.05, 3.63) is 64.7 Å². The lowest BCUT2D eigenvalue weighted by molar-refractivity contribution is 0.0951. The summed E-state index contributed by atoms with van der Waals surface area (Å²) in [4.78, 5) is 26.7. The molecule has 140 valence electrons. The van der Waals surface area contributed by atoms with Gasteiger partial charge in [-0.15, -0.1) is 0 Å². The van der Waals surface area contributed by atoms with Crippen LogP contribution in [0.4, 0.5) is 10.5 Å². The van der Waals surface area contributed by atoms with E-state index in [1.165, 1.54) is 0 Å². The minimum Gasteiger partial charge on any atom is -0.349 e. The summed E-state index contributed by atoms with van der Waals surface area (Å²) in [5, 5.41) is 6.58. The topological polar surface area (TPSA) is 61.4 Å². The highest BCUT2D eigenvalue weighted by Gasteiger charge is 2.30. The third-order valence-corrected chi connectivity index (χ3v) is 5.29. The Balaban J connectivity index is 1.41. The molecule has 0 spiro atoms. The van der Waals surface area contributed by atoms with Gasteiger partial charge in [0.05, 0.1) is 6.04 Å². The van der Waals surface area contributed by atoms with Crippen molar-refractivity contribution in [2.75, 3.05) is 11.9 Å². The normalized spacial score (nSPS) is 19.0. The number of urea groups is 1. The molecule has 27 heavy (non-hydrogen) atoms. The summed E-state index contributed by atoms with van der Waals surface area (Å²) in [6, 6.07) is 14.9. The van der Waals surface area contributed by atoms with E-state index < -0.39 is 0 Å². The Hall–Kier alpha value is -2.53. The summed E-state index contributed by atoms with van der Waals surface area (Å²) < 4.78 is 0. The van der Waals surface area contributed by atoms with Crippen LogP contribution in [0.3, 0.4) is 0 Å². The molecule has 6 heteroatoms. The van der Waals surface area contributed by atoms with Crippen LogP contribution >= 0.6 is 11.6 Å². The van der Waals surface area contributed by atoms with E-state index >= 15 is 0 Å². The Labute approximate surface area is 163 Å². The predicted octanol–water partition coefficient (Wildman–Crippen LogP) is 4.60. The fraction of sp³-hybridized carbons (Fsp3) is 0.333. The number of likely N-dealkylation sites (tertiary alicyclic amines) is 1. The number of amides is 3. The number of hydrogen-bond donors (Lipinski definition) is 2. The molecule has 2 aliphatic rings. The number of hydrogen-bond acceptors (Lipinski definition) is 2. The Morgan fingerprint density at radius 3 is 2.52 bits per heavy atom. The molecule has 4 rings (SSSR count). The number of nitrogens with zero attached hydrogens (tertiary/aromatic N) is 1. The second kappa shape index (κ2) is 7.61. The SMILES string of the molecule is O=C(NC1CC1)c1ccc(NC(=O)N2CCCC2c2cccc(Cl)c2)cc1. The van der Waals surface area contributed by atoms with Gasteiger partial charge in [0.15, 0.2) is 0 Å². The average Bonchev–Trinajstić information content (AvgIpc) is 3.33. The lowest BCUT2D eigenvalue weighted by Crippen LogP contribution is -2.34. The highest BCUT2D eigenvalue weighted by atomic mass is 35.5. The van der Waals surface area contributed by atoms with Gasteiger partial charge in [-0.1, -0.05) is 23.7 Å². The van der Waals surface area contributed by atoms with Gasteiger partial charge in [-0.2, -0.15) is 0 Å². The number of anilines is 1. The van der Waals surface area contributed by atoms with E-state index in [1.54, 1.807) is 24.3 Å². The van der Waals surface area contributed by atoms with Gasteiger partial charge in [-0.25, -0.2) is 4.79 Å². The van der Waals surface area contributed by atoms with Gasteiger partial charge >= 0.3 is 6.03 Å². The molecule has 2 aromatic rings. The van der Waals surface area contributed by atoms with Crippen LogP contribution in [0, 0.1) is 0 Å². The van der Waals surface area contributed by atoms with E-state index in [9.17, 15) is 9.59 Å². The Morgan fingerprint density at radius 1 is 1.04 bits per heavy atom. The Morgan fingerprint density at radius 2 is 1.81 bits per heavy atom. The van der Waals surface area contributed by atoms with E-state index in [2.05, 4.69) is 10.6 Å². The number of rotatable bonds is 4. The van der Waals surface area contributed by atoms with Crippen LogP contribution in [0.5, 0.6) is 0 Å². The first-order chi connectivity index (χ1) is 13.1. The molecule has 0 bridgehead atoms. The van der Waals surface area contributed by atoms with Crippen LogP contribution in [-0.4, -0.2) is 29.4 Å². The van der Waals surface area contributed by atoms with Crippen molar-refractivity contribution in [3.63, 3.8) is 0 Å². The fourth-order valence-corrected chi connectivity index (χ4v) is 3.67. The second-order valence-electron chi connectivity index (χ2n) is 7.16. The first-order valence-electron chi connectivity index (χ1n) is 9.34. The summed E-state index contributed by atoms with van der Waals surface area (Å²) in [5.74, 6) is -0.0593. The Kier molecular flexibility index (Phi) is 5.03. The van der Waals surface area contributed by atoms with Crippen molar-refractivity contribution in [2.24, 2.45) is 0 Å². The first kappa shape index (κ1) is 17.9. The molecule has 1 aliphatic heterocycles. The maximum Gasteiger partial charge on any atom is 0.322 e. The maximum atomic E-state index is 12.8. The molecule has 1 heterocycles. The van der Waals surface area contributed by atoms with Crippen LogP contribution in [-0.2, 0) is 0 Å². The molecule has 1 saturated carbocycles. The zero-order valence-electron chi connectivity index (χ0n) is 15.0. The van der Waals surface area contributed by atoms with Crippen molar-refractivity contribution in [1.82, 2.24) is 10.2 Å². The molecule has 2 fully saturated rings. The Bertz CT molecular complexity index is 849. The zero-order valence-corrected chi connectivity index (χ0v) is 15.7. The van der Waals surface area contributed by atoms with Crippen molar-refractivity contribution < 1.29 is 9.59 Å². The summed E-state index contributed by atoms with van der Waals surface area (Å²) >= 11 is 6.10. The van der Waals surface area contributed by atoms with Gasteiger partial charge in [-0.05, 0) is 67.6 Å². The molecule has 1 saturated heterocycles. The standard InChI is InChI=1S/C21H22ClN3O2/c22-16-4-1-3-15(13-16)19-5-2-12-25(19)21(27)24-18-8-6-14(7-9-18)20(26)23-17-10-11-17/h1,3-4,6-9,13,17,19H,2,5,10-12H2,(H,23,26)(H,24,27). The molecular weight excluding hydrogens is 362 g/mol. The molecule has 0 aromatic heterocycles. The maximum absolute atomic E-state index is 12.8. The monoisotopic (exact) mass is 383 g/mol. The van der Waals surface area contributed by atoms with Gasteiger partial charge < -0.3 is 15.5 Å².